The monoisotopic (exact) mass is 361 g/mol. The molecule has 1 amide bonds. The van der Waals surface area contributed by atoms with E-state index in [4.69, 9.17) is 9.84 Å². The highest BCUT2D eigenvalue weighted by atomic mass is 16.5. The summed E-state index contributed by atoms with van der Waals surface area (Å²) < 4.78 is 7.69. The second-order valence-corrected chi connectivity index (χ2v) is 6.62. The first-order valence-corrected chi connectivity index (χ1v) is 9.36. The third-order valence-electron chi connectivity index (χ3n) is 4.91. The summed E-state index contributed by atoms with van der Waals surface area (Å²) in [5.41, 5.74) is 4.52. The summed E-state index contributed by atoms with van der Waals surface area (Å²) >= 11 is 0. The molecule has 0 spiro atoms. The minimum absolute atomic E-state index is 0.00719. The van der Waals surface area contributed by atoms with Gasteiger partial charge in [0.25, 0.3) is 5.91 Å². The van der Waals surface area contributed by atoms with Gasteiger partial charge in [-0.15, -0.1) is 0 Å². The summed E-state index contributed by atoms with van der Waals surface area (Å²) in [5.74, 6) is 0.722. The van der Waals surface area contributed by atoms with E-state index in [0.717, 1.165) is 35.5 Å². The fraction of sp³-hybridized carbons (Fsp3) is 0.273. The smallest absolute Gasteiger partial charge is 0.260 e. The Morgan fingerprint density at radius 1 is 1.07 bits per heavy atom. The van der Waals surface area contributed by atoms with E-state index in [1.54, 1.807) is 0 Å². The zero-order valence-corrected chi connectivity index (χ0v) is 15.5. The topological polar surface area (TPSA) is 47.4 Å². The van der Waals surface area contributed by atoms with Gasteiger partial charge in [0.2, 0.25) is 0 Å². The van der Waals surface area contributed by atoms with Crippen LogP contribution in [0.3, 0.4) is 0 Å². The van der Waals surface area contributed by atoms with Crippen molar-refractivity contribution in [3.05, 3.63) is 71.9 Å². The molecule has 5 nitrogen and oxygen atoms in total. The van der Waals surface area contributed by atoms with Crippen molar-refractivity contribution < 1.29 is 9.53 Å². The van der Waals surface area contributed by atoms with E-state index in [1.165, 1.54) is 0 Å². The third kappa shape index (κ3) is 3.58. The number of rotatable bonds is 5. The average molecular weight is 361 g/mol. The second-order valence-electron chi connectivity index (χ2n) is 6.62. The lowest BCUT2D eigenvalue weighted by molar-refractivity contribution is -0.134. The molecule has 4 rings (SSSR count). The Morgan fingerprint density at radius 3 is 2.48 bits per heavy atom. The van der Waals surface area contributed by atoms with E-state index < -0.39 is 0 Å². The average Bonchev–Trinajstić information content (AvgIpc) is 3.11. The molecule has 1 aliphatic heterocycles. The van der Waals surface area contributed by atoms with Crippen LogP contribution in [0.25, 0.3) is 11.3 Å². The highest BCUT2D eigenvalue weighted by Gasteiger charge is 2.27. The number of fused-ring (bicyclic) bond motifs is 1. The highest BCUT2D eigenvalue weighted by Crippen LogP contribution is 2.30. The fourth-order valence-electron chi connectivity index (χ4n) is 3.54. The predicted molar refractivity (Wildman–Crippen MR) is 104 cm³/mol. The summed E-state index contributed by atoms with van der Waals surface area (Å²) in [6, 6.07) is 19.7. The summed E-state index contributed by atoms with van der Waals surface area (Å²) in [7, 11) is 0. The number of para-hydroxylation sites is 1. The number of nitrogens with zero attached hydrogens (tertiary/aromatic N) is 3. The molecule has 0 fully saturated rings. The van der Waals surface area contributed by atoms with Crippen LogP contribution < -0.4 is 4.74 Å². The van der Waals surface area contributed by atoms with Crippen molar-refractivity contribution in [3.8, 4) is 17.0 Å². The maximum atomic E-state index is 12.7. The number of benzene rings is 2. The van der Waals surface area contributed by atoms with Gasteiger partial charge in [-0.05, 0) is 19.1 Å². The number of aromatic nitrogens is 2. The molecule has 0 N–H and O–H groups in total. The van der Waals surface area contributed by atoms with E-state index in [0.29, 0.717) is 18.8 Å². The SMILES string of the molecule is CCn1nc2c(c1-c1ccccc1)CN(C(=O)COc1ccccc1)CC2. The lowest BCUT2D eigenvalue weighted by atomic mass is 10.0. The number of hydrogen-bond donors (Lipinski definition) is 0. The zero-order chi connectivity index (χ0) is 18.6. The lowest BCUT2D eigenvalue weighted by Gasteiger charge is -2.27. The fourth-order valence-corrected chi connectivity index (χ4v) is 3.54. The van der Waals surface area contributed by atoms with Gasteiger partial charge in [-0.3, -0.25) is 9.48 Å². The Hall–Kier alpha value is -3.08. The van der Waals surface area contributed by atoms with E-state index in [-0.39, 0.29) is 12.5 Å². The molecular weight excluding hydrogens is 338 g/mol. The molecule has 138 valence electrons. The summed E-state index contributed by atoms with van der Waals surface area (Å²) in [4.78, 5) is 14.6. The first kappa shape index (κ1) is 17.3. The van der Waals surface area contributed by atoms with E-state index in [1.807, 2.05) is 53.4 Å². The number of ether oxygens (including phenoxy) is 1. The molecule has 2 heterocycles. The zero-order valence-electron chi connectivity index (χ0n) is 15.5. The largest absolute Gasteiger partial charge is 0.484 e. The Bertz CT molecular complexity index is 919. The van der Waals surface area contributed by atoms with Crippen molar-refractivity contribution in [2.45, 2.75) is 26.4 Å². The molecular formula is C22H23N3O2. The van der Waals surface area contributed by atoms with Crippen LogP contribution in [-0.2, 0) is 24.3 Å². The molecule has 0 saturated carbocycles. The maximum absolute atomic E-state index is 12.7. The van der Waals surface area contributed by atoms with Gasteiger partial charge in [-0.25, -0.2) is 0 Å². The molecule has 1 aliphatic rings. The van der Waals surface area contributed by atoms with Crippen LogP contribution in [0.1, 0.15) is 18.2 Å². The van der Waals surface area contributed by atoms with Crippen LogP contribution in [0.2, 0.25) is 0 Å². The molecule has 0 aliphatic carbocycles. The van der Waals surface area contributed by atoms with Gasteiger partial charge in [-0.2, -0.15) is 5.10 Å². The minimum Gasteiger partial charge on any atom is -0.484 e. The summed E-state index contributed by atoms with van der Waals surface area (Å²) in [6.07, 6.45) is 0.777. The van der Waals surface area contributed by atoms with E-state index >= 15 is 0 Å². The molecule has 27 heavy (non-hydrogen) atoms. The number of hydrogen-bond acceptors (Lipinski definition) is 3. The van der Waals surface area contributed by atoms with E-state index in [9.17, 15) is 4.79 Å². The Labute approximate surface area is 159 Å². The van der Waals surface area contributed by atoms with Crippen LogP contribution >= 0.6 is 0 Å². The van der Waals surface area contributed by atoms with Crippen molar-refractivity contribution in [3.63, 3.8) is 0 Å². The van der Waals surface area contributed by atoms with Crippen molar-refractivity contribution in [1.82, 2.24) is 14.7 Å². The number of aryl methyl sites for hydroxylation is 1. The molecule has 0 unspecified atom stereocenters. The van der Waals surface area contributed by atoms with Gasteiger partial charge in [0.15, 0.2) is 6.61 Å². The van der Waals surface area contributed by atoms with Gasteiger partial charge in [0.05, 0.1) is 11.4 Å². The Balaban J connectivity index is 1.54. The second kappa shape index (κ2) is 7.66. The van der Waals surface area contributed by atoms with Gasteiger partial charge in [-0.1, -0.05) is 48.5 Å². The number of carbonyl (C=O) groups is 1. The molecule has 0 saturated heterocycles. The van der Waals surface area contributed by atoms with Crippen LogP contribution in [0.5, 0.6) is 5.75 Å². The van der Waals surface area contributed by atoms with Crippen LogP contribution in [0, 0.1) is 0 Å². The lowest BCUT2D eigenvalue weighted by Crippen LogP contribution is -2.38. The van der Waals surface area contributed by atoms with Crippen molar-refractivity contribution in [2.24, 2.45) is 0 Å². The van der Waals surface area contributed by atoms with E-state index in [2.05, 4.69) is 23.7 Å². The molecule has 3 aromatic rings. The molecule has 5 heteroatoms. The number of carbonyl (C=O) groups excluding carboxylic acids is 1. The van der Waals surface area contributed by atoms with Crippen molar-refractivity contribution in [2.75, 3.05) is 13.2 Å². The van der Waals surface area contributed by atoms with Crippen LogP contribution in [-0.4, -0.2) is 33.7 Å². The molecule has 0 radical (unpaired) electrons. The van der Waals surface area contributed by atoms with Gasteiger partial charge in [0, 0.05) is 37.2 Å². The standard InChI is InChI=1S/C22H23N3O2/c1-2-25-22(17-9-5-3-6-10-17)19-15-24(14-13-20(19)23-25)21(26)16-27-18-11-7-4-8-12-18/h3-12H,2,13-16H2,1H3. The van der Waals surface area contributed by atoms with Crippen LogP contribution in [0.15, 0.2) is 60.7 Å². The normalized spacial score (nSPS) is 13.3. The number of amides is 1. The predicted octanol–water partition coefficient (Wildman–Crippen LogP) is 3.53. The van der Waals surface area contributed by atoms with Crippen LogP contribution in [0.4, 0.5) is 0 Å². The molecule has 2 aromatic carbocycles. The maximum Gasteiger partial charge on any atom is 0.260 e. The van der Waals surface area contributed by atoms with Crippen molar-refractivity contribution >= 4 is 5.91 Å². The minimum atomic E-state index is 0.00719. The van der Waals surface area contributed by atoms with Gasteiger partial charge < -0.3 is 9.64 Å². The van der Waals surface area contributed by atoms with Gasteiger partial charge in [0.1, 0.15) is 5.75 Å². The van der Waals surface area contributed by atoms with Crippen molar-refractivity contribution in [1.29, 1.82) is 0 Å². The highest BCUT2D eigenvalue weighted by molar-refractivity contribution is 5.78. The summed E-state index contributed by atoms with van der Waals surface area (Å²) in [5, 5.41) is 4.78. The first-order chi connectivity index (χ1) is 13.3. The summed E-state index contributed by atoms with van der Waals surface area (Å²) in [6.45, 7) is 4.22. The quantitative estimate of drug-likeness (QED) is 0.698. The molecule has 0 bridgehead atoms. The Kier molecular flexibility index (Phi) is 4.92. The first-order valence-electron chi connectivity index (χ1n) is 9.36. The Morgan fingerprint density at radius 2 is 1.78 bits per heavy atom. The molecule has 0 atom stereocenters. The third-order valence-corrected chi connectivity index (χ3v) is 4.91. The van der Waals surface area contributed by atoms with Gasteiger partial charge >= 0.3 is 0 Å². The molecule has 1 aromatic heterocycles.